The molecule has 4 rings (SSSR count). The second kappa shape index (κ2) is 13.0. The first-order valence-electron chi connectivity index (χ1n) is 13.0. The lowest BCUT2D eigenvalue weighted by molar-refractivity contribution is -0.133. The zero-order chi connectivity index (χ0) is 27.8. The monoisotopic (exact) mass is 526 g/mol. The molecule has 7 heteroatoms. The van der Waals surface area contributed by atoms with Crippen LogP contribution < -0.4 is 5.43 Å². The van der Waals surface area contributed by atoms with Crippen molar-refractivity contribution in [1.29, 1.82) is 0 Å². The Morgan fingerprint density at radius 2 is 1.59 bits per heavy atom. The minimum Gasteiger partial charge on any atom is -0.464 e. The van der Waals surface area contributed by atoms with Gasteiger partial charge in [0.1, 0.15) is 12.1 Å². The Hall–Kier alpha value is -4.23. The zero-order valence-corrected chi connectivity index (χ0v) is 22.7. The van der Waals surface area contributed by atoms with E-state index in [2.05, 4.69) is 0 Å². The molecule has 1 aromatic heterocycles. The molecule has 0 aliphatic rings. The summed E-state index contributed by atoms with van der Waals surface area (Å²) < 4.78 is 10.9. The van der Waals surface area contributed by atoms with Crippen molar-refractivity contribution in [3.8, 4) is 0 Å². The highest BCUT2D eigenvalue weighted by atomic mass is 16.5. The van der Waals surface area contributed by atoms with Crippen molar-refractivity contribution < 1.29 is 18.7 Å². The van der Waals surface area contributed by atoms with Crippen molar-refractivity contribution in [3.63, 3.8) is 0 Å². The maximum absolute atomic E-state index is 13.8. The van der Waals surface area contributed by atoms with E-state index in [1.165, 1.54) is 6.26 Å². The summed E-state index contributed by atoms with van der Waals surface area (Å²) in [6, 6.07) is 22.4. The predicted octanol–water partition coefficient (Wildman–Crippen LogP) is 5.12. The molecule has 0 aliphatic carbocycles. The predicted molar refractivity (Wildman–Crippen MR) is 151 cm³/mol. The number of amides is 2. The molecule has 3 aromatic carbocycles. The van der Waals surface area contributed by atoms with Crippen LogP contribution >= 0.6 is 0 Å². The fourth-order valence-corrected chi connectivity index (χ4v) is 4.43. The van der Waals surface area contributed by atoms with Gasteiger partial charge in [-0.3, -0.25) is 14.4 Å². The van der Waals surface area contributed by atoms with E-state index in [1.807, 2.05) is 62.4 Å². The van der Waals surface area contributed by atoms with Crippen LogP contribution in [0.15, 0.2) is 88.3 Å². The van der Waals surface area contributed by atoms with Crippen molar-refractivity contribution in [2.24, 2.45) is 0 Å². The van der Waals surface area contributed by atoms with Gasteiger partial charge in [0.15, 0.2) is 5.43 Å². The third kappa shape index (κ3) is 7.21. The fraction of sp³-hybridized carbons (Fsp3) is 0.281. The summed E-state index contributed by atoms with van der Waals surface area (Å²) in [5.41, 5.74) is 4.15. The van der Waals surface area contributed by atoms with E-state index in [0.717, 1.165) is 16.7 Å². The van der Waals surface area contributed by atoms with Gasteiger partial charge in [-0.25, -0.2) is 0 Å². The van der Waals surface area contributed by atoms with E-state index >= 15 is 0 Å². The summed E-state index contributed by atoms with van der Waals surface area (Å²) in [5.74, 6) is -0.486. The van der Waals surface area contributed by atoms with E-state index in [0.29, 0.717) is 41.7 Å². The Balaban J connectivity index is 1.62. The normalized spacial score (nSPS) is 10.9. The summed E-state index contributed by atoms with van der Waals surface area (Å²) >= 11 is 0. The van der Waals surface area contributed by atoms with Crippen LogP contribution in [0.2, 0.25) is 0 Å². The quantitative estimate of drug-likeness (QED) is 0.254. The number of carbonyl (C=O) groups excluding carboxylic acids is 2. The highest BCUT2D eigenvalue weighted by Crippen LogP contribution is 2.16. The molecule has 0 aliphatic heterocycles. The molecule has 4 aromatic rings. The van der Waals surface area contributed by atoms with Gasteiger partial charge >= 0.3 is 0 Å². The van der Waals surface area contributed by atoms with Gasteiger partial charge in [-0.1, -0.05) is 59.7 Å². The average Bonchev–Trinajstić information content (AvgIpc) is 2.94. The van der Waals surface area contributed by atoms with E-state index in [9.17, 15) is 14.4 Å². The van der Waals surface area contributed by atoms with Crippen molar-refractivity contribution in [1.82, 2.24) is 9.80 Å². The van der Waals surface area contributed by atoms with Gasteiger partial charge in [0, 0.05) is 32.4 Å². The maximum Gasteiger partial charge on any atom is 0.254 e. The molecule has 0 saturated heterocycles. The molecule has 0 radical (unpaired) electrons. The Labute approximate surface area is 228 Å². The number of benzene rings is 3. The molecule has 0 N–H and O–H groups in total. The topological polar surface area (TPSA) is 80.1 Å². The van der Waals surface area contributed by atoms with Crippen LogP contribution in [0.25, 0.3) is 11.0 Å². The van der Waals surface area contributed by atoms with Crippen LogP contribution in [0.3, 0.4) is 0 Å². The molecule has 0 atom stereocenters. The minimum atomic E-state index is -0.263. The number of nitrogens with zero attached hydrogens (tertiary/aromatic N) is 2. The molecule has 0 bridgehead atoms. The summed E-state index contributed by atoms with van der Waals surface area (Å²) in [6.45, 7) is 4.93. The third-order valence-corrected chi connectivity index (χ3v) is 6.62. The van der Waals surface area contributed by atoms with Crippen molar-refractivity contribution in [2.75, 3.05) is 26.8 Å². The molecular formula is C32H34N2O5. The number of ether oxygens (including phenoxy) is 1. The van der Waals surface area contributed by atoms with Crippen LogP contribution in [0.1, 0.15) is 39.0 Å². The van der Waals surface area contributed by atoms with Crippen LogP contribution in [-0.2, 0) is 22.6 Å². The molecule has 0 spiro atoms. The van der Waals surface area contributed by atoms with Crippen molar-refractivity contribution in [2.45, 2.75) is 33.4 Å². The number of aryl methyl sites for hydroxylation is 2. The number of carbonyl (C=O) groups is 2. The van der Waals surface area contributed by atoms with Crippen LogP contribution in [0, 0.1) is 13.8 Å². The molecule has 7 nitrogen and oxygen atoms in total. The molecule has 1 heterocycles. The first kappa shape index (κ1) is 27.8. The first-order valence-corrected chi connectivity index (χ1v) is 13.0. The lowest BCUT2D eigenvalue weighted by Crippen LogP contribution is -2.43. The molecule has 39 heavy (non-hydrogen) atoms. The minimum absolute atomic E-state index is 0.0601. The van der Waals surface area contributed by atoms with E-state index in [-0.39, 0.29) is 36.9 Å². The molecule has 0 unspecified atom stereocenters. The summed E-state index contributed by atoms with van der Waals surface area (Å²) in [6.07, 6.45) is 2.02. The second-order valence-electron chi connectivity index (χ2n) is 9.76. The van der Waals surface area contributed by atoms with Gasteiger partial charge in [0.25, 0.3) is 5.91 Å². The zero-order valence-electron chi connectivity index (χ0n) is 22.7. The summed E-state index contributed by atoms with van der Waals surface area (Å²) in [4.78, 5) is 43.7. The number of hydrogen-bond acceptors (Lipinski definition) is 5. The maximum atomic E-state index is 13.8. The van der Waals surface area contributed by atoms with Gasteiger partial charge in [-0.05, 0) is 50.1 Å². The molecule has 2 amide bonds. The summed E-state index contributed by atoms with van der Waals surface area (Å²) in [7, 11) is 1.61. The second-order valence-corrected chi connectivity index (χ2v) is 9.76. The van der Waals surface area contributed by atoms with Gasteiger partial charge in [-0.15, -0.1) is 0 Å². The lowest BCUT2D eigenvalue weighted by atomic mass is 10.1. The Morgan fingerprint density at radius 3 is 2.31 bits per heavy atom. The van der Waals surface area contributed by atoms with Crippen LogP contribution in [0.5, 0.6) is 0 Å². The van der Waals surface area contributed by atoms with E-state index in [1.54, 1.807) is 41.2 Å². The van der Waals surface area contributed by atoms with Crippen LogP contribution in [-0.4, -0.2) is 48.4 Å². The molecule has 0 saturated carbocycles. The number of fused-ring (bicyclic) bond motifs is 1. The largest absolute Gasteiger partial charge is 0.464 e. The Bertz CT molecular complexity index is 1480. The van der Waals surface area contributed by atoms with Crippen molar-refractivity contribution in [3.05, 3.63) is 117 Å². The van der Waals surface area contributed by atoms with E-state index < -0.39 is 0 Å². The Kier molecular flexibility index (Phi) is 9.28. The molecular weight excluding hydrogens is 492 g/mol. The van der Waals surface area contributed by atoms with Crippen molar-refractivity contribution >= 4 is 22.8 Å². The first-order chi connectivity index (χ1) is 18.9. The SMILES string of the molecule is COCCCN(CC(=O)N(Cc1ccccc1)Cc1coc2ccc(C)cc2c1=O)C(=O)c1ccc(C)cc1. The Morgan fingerprint density at radius 1 is 0.872 bits per heavy atom. The molecule has 0 fully saturated rings. The van der Waals surface area contributed by atoms with Gasteiger partial charge in [0.2, 0.25) is 5.91 Å². The van der Waals surface area contributed by atoms with Gasteiger partial charge < -0.3 is 19.0 Å². The smallest absolute Gasteiger partial charge is 0.254 e. The average molecular weight is 527 g/mol. The number of hydrogen-bond donors (Lipinski definition) is 0. The van der Waals surface area contributed by atoms with Gasteiger partial charge in [0.05, 0.1) is 23.8 Å². The number of rotatable bonds is 11. The standard InChI is InChI=1S/C32H34N2O5/c1-23-10-13-26(14-11-23)32(37)33(16-7-17-38-3)21-30(35)34(19-25-8-5-4-6-9-25)20-27-22-39-29-15-12-24(2)18-28(29)31(27)36/h4-6,8-15,18,22H,7,16-17,19-21H2,1-3H3. The van der Waals surface area contributed by atoms with Crippen LogP contribution in [0.4, 0.5) is 0 Å². The van der Waals surface area contributed by atoms with E-state index in [4.69, 9.17) is 9.15 Å². The van der Waals surface area contributed by atoms with Gasteiger partial charge in [-0.2, -0.15) is 0 Å². The lowest BCUT2D eigenvalue weighted by Gasteiger charge is -2.28. The number of methoxy groups -OCH3 is 1. The summed E-state index contributed by atoms with van der Waals surface area (Å²) in [5, 5.41) is 0.482. The highest BCUT2D eigenvalue weighted by Gasteiger charge is 2.24. The third-order valence-electron chi connectivity index (χ3n) is 6.62. The fourth-order valence-electron chi connectivity index (χ4n) is 4.43. The molecule has 202 valence electrons. The highest BCUT2D eigenvalue weighted by molar-refractivity contribution is 5.96.